The Morgan fingerprint density at radius 1 is 0.697 bits per heavy atom. The van der Waals surface area contributed by atoms with Gasteiger partial charge in [0, 0.05) is 0 Å². The van der Waals surface area contributed by atoms with E-state index in [-0.39, 0.29) is 7.14 Å². The topological polar surface area (TPSA) is 61.8 Å². The number of halogens is 8. The minimum absolute atomic E-state index is 0.172. The molecule has 2 aromatic rings. The fourth-order valence-electron chi connectivity index (χ4n) is 3.14. The van der Waals surface area contributed by atoms with Crippen LogP contribution in [0.5, 0.6) is 0 Å². The molecule has 0 saturated carbocycles. The maximum atomic E-state index is 13.0. The van der Waals surface area contributed by atoms with Gasteiger partial charge in [-0.25, -0.2) is 0 Å². The molecule has 1 heterocycles. The zero-order valence-corrected chi connectivity index (χ0v) is 21.7. The average molecular weight is 704 g/mol. The number of hydrogen-bond acceptors (Lipinski definition) is 5. The molecule has 0 bridgehead atoms. The van der Waals surface area contributed by atoms with Crippen LogP contribution in [-0.4, -0.2) is 24.3 Å². The molecular weight excluding hydrogens is 688 g/mol. The van der Waals surface area contributed by atoms with Crippen molar-refractivity contribution in [3.8, 4) is 11.1 Å². The molecule has 0 unspecified atom stereocenters. The Balaban J connectivity index is 2.27. The van der Waals surface area contributed by atoms with Crippen LogP contribution < -0.4 is 0 Å². The van der Waals surface area contributed by atoms with Crippen LogP contribution in [0.4, 0.5) is 26.3 Å². The van der Waals surface area contributed by atoms with Gasteiger partial charge in [-0.05, 0) is 0 Å². The van der Waals surface area contributed by atoms with Crippen molar-refractivity contribution in [3.63, 3.8) is 0 Å². The number of carbonyl (C=O) groups is 2. The molecule has 0 amide bonds. The van der Waals surface area contributed by atoms with Crippen molar-refractivity contribution in [1.29, 1.82) is 0 Å². The summed E-state index contributed by atoms with van der Waals surface area (Å²) < 4.78 is 93.1. The SMILES string of the molecule is Cc1cc(C)c2c(c1)I(OC(=O)C(F)(F)F)OI(OC(=O)C(F)(F)F)c1cc(C)cc(C)c1-2. The second-order valence-corrected chi connectivity index (χ2v) is 15.3. The minimum atomic E-state index is -5.34. The van der Waals surface area contributed by atoms with E-state index in [0.29, 0.717) is 33.4 Å². The summed E-state index contributed by atoms with van der Waals surface area (Å²) in [6.07, 6.45) is -10.7. The maximum absolute atomic E-state index is 13.0. The van der Waals surface area contributed by atoms with Gasteiger partial charge in [0.15, 0.2) is 0 Å². The first-order valence-corrected chi connectivity index (χ1v) is 14.7. The fourth-order valence-corrected chi connectivity index (χ4v) is 14.5. The van der Waals surface area contributed by atoms with Crippen molar-refractivity contribution in [2.75, 3.05) is 0 Å². The normalized spacial score (nSPS) is 15.9. The summed E-state index contributed by atoms with van der Waals surface area (Å²) in [5.74, 6) is -5.04. The van der Waals surface area contributed by atoms with Gasteiger partial charge in [0.05, 0.1) is 0 Å². The van der Waals surface area contributed by atoms with Crippen LogP contribution in [-0.2, 0) is 17.1 Å². The predicted octanol–water partition coefficient (Wildman–Crippen LogP) is 6.84. The van der Waals surface area contributed by atoms with Gasteiger partial charge < -0.3 is 0 Å². The summed E-state index contributed by atoms with van der Waals surface area (Å²) in [4.78, 5) is 23.3. The summed E-state index contributed by atoms with van der Waals surface area (Å²) in [5, 5.41) is 0. The van der Waals surface area contributed by atoms with Crippen molar-refractivity contribution >= 4 is 53.2 Å². The first kappa shape index (κ1) is 26.0. The number of fused-ring (bicyclic) bond motifs is 3. The zero-order valence-electron chi connectivity index (χ0n) is 17.4. The molecule has 0 radical (unpaired) electrons. The van der Waals surface area contributed by atoms with Gasteiger partial charge in [0.25, 0.3) is 0 Å². The van der Waals surface area contributed by atoms with E-state index in [1.807, 2.05) is 0 Å². The summed E-state index contributed by atoms with van der Waals surface area (Å²) in [6.45, 7) is 6.70. The Labute approximate surface area is 200 Å². The quantitative estimate of drug-likeness (QED) is 0.253. The van der Waals surface area contributed by atoms with Crippen LogP contribution in [0, 0.1) is 34.8 Å². The number of aryl methyl sites for hydroxylation is 4. The van der Waals surface area contributed by atoms with E-state index in [4.69, 9.17) is 7.53 Å². The second-order valence-electron chi connectivity index (χ2n) is 7.09. The molecule has 3 rings (SSSR count). The Morgan fingerprint density at radius 2 is 1.03 bits per heavy atom. The summed E-state index contributed by atoms with van der Waals surface area (Å²) in [7, 11) is 0. The van der Waals surface area contributed by atoms with Crippen LogP contribution in [0.25, 0.3) is 11.1 Å². The third-order valence-electron chi connectivity index (χ3n) is 4.30. The van der Waals surface area contributed by atoms with Gasteiger partial charge in [-0.2, -0.15) is 0 Å². The summed E-state index contributed by atoms with van der Waals surface area (Å²) in [5.41, 5.74) is 3.29. The van der Waals surface area contributed by atoms with Crippen molar-refractivity contribution in [2.24, 2.45) is 0 Å². The van der Waals surface area contributed by atoms with E-state index in [9.17, 15) is 35.9 Å². The van der Waals surface area contributed by atoms with Crippen molar-refractivity contribution in [3.05, 3.63) is 53.7 Å². The number of hydrogen-bond donors (Lipinski definition) is 0. The van der Waals surface area contributed by atoms with E-state index in [0.717, 1.165) is 0 Å². The molecule has 0 N–H and O–H groups in total. The van der Waals surface area contributed by atoms with Crippen LogP contribution in [0.2, 0.25) is 0 Å². The predicted molar refractivity (Wildman–Crippen MR) is 122 cm³/mol. The Bertz CT molecular complexity index is 1040. The molecule has 0 aliphatic carbocycles. The number of rotatable bonds is 2. The van der Waals surface area contributed by atoms with E-state index in [1.165, 1.54) is 12.1 Å². The first-order chi connectivity index (χ1) is 15.1. The first-order valence-electron chi connectivity index (χ1n) is 9.00. The van der Waals surface area contributed by atoms with Gasteiger partial charge in [0.2, 0.25) is 0 Å². The third kappa shape index (κ3) is 5.55. The van der Waals surface area contributed by atoms with Crippen LogP contribution in [0.1, 0.15) is 22.3 Å². The third-order valence-corrected chi connectivity index (χ3v) is 14.2. The van der Waals surface area contributed by atoms with E-state index < -0.39 is 65.6 Å². The molecule has 0 saturated heterocycles. The summed E-state index contributed by atoms with van der Waals surface area (Å²) >= 11 is -8.10. The second kappa shape index (κ2) is 9.20. The van der Waals surface area contributed by atoms with Crippen LogP contribution in [0.3, 0.4) is 0 Å². The molecule has 0 fully saturated rings. The Morgan fingerprint density at radius 3 is 1.33 bits per heavy atom. The number of carbonyl (C=O) groups excluding carboxylic acids is 2. The molecular formula is C20H16F6I2O5. The van der Waals surface area contributed by atoms with Crippen molar-refractivity contribution in [1.82, 2.24) is 0 Å². The van der Waals surface area contributed by atoms with Gasteiger partial charge in [0.1, 0.15) is 0 Å². The Kier molecular flexibility index (Phi) is 7.25. The monoisotopic (exact) mass is 704 g/mol. The molecule has 0 spiro atoms. The van der Waals surface area contributed by atoms with E-state index in [2.05, 4.69) is 0 Å². The van der Waals surface area contributed by atoms with Gasteiger partial charge in [-0.3, -0.25) is 0 Å². The molecule has 1 aliphatic heterocycles. The fraction of sp³-hybridized carbons (Fsp3) is 0.300. The molecule has 33 heavy (non-hydrogen) atoms. The molecule has 0 aromatic heterocycles. The zero-order chi connectivity index (χ0) is 24.9. The molecule has 182 valence electrons. The van der Waals surface area contributed by atoms with E-state index in [1.54, 1.807) is 39.8 Å². The Hall–Kier alpha value is -1.62. The standard InChI is InChI=1S/C20H16F6I2O5/c1-9-5-11(3)15-13(7-9)27(31-17(29)19(21,22)23)33-28(32-18(30)20(24,25)26)14-8-10(2)6-12(4)16(14)15/h5-8H,1-4H3. The summed E-state index contributed by atoms with van der Waals surface area (Å²) in [6, 6.07) is 6.47. The van der Waals surface area contributed by atoms with Gasteiger partial charge in [-0.15, -0.1) is 0 Å². The average Bonchev–Trinajstić information content (AvgIpc) is 2.76. The molecule has 2 aromatic carbocycles. The van der Waals surface area contributed by atoms with E-state index >= 15 is 0 Å². The molecule has 5 nitrogen and oxygen atoms in total. The van der Waals surface area contributed by atoms with Gasteiger partial charge >= 0.3 is 202 Å². The van der Waals surface area contributed by atoms with Crippen LogP contribution >= 0.6 is 41.3 Å². The number of benzene rings is 2. The van der Waals surface area contributed by atoms with Crippen molar-refractivity contribution in [2.45, 2.75) is 40.0 Å². The molecule has 1 aliphatic rings. The van der Waals surface area contributed by atoms with Crippen LogP contribution in [0.15, 0.2) is 24.3 Å². The molecule has 13 heteroatoms. The van der Waals surface area contributed by atoms with Gasteiger partial charge in [-0.1, -0.05) is 0 Å². The van der Waals surface area contributed by atoms with Crippen molar-refractivity contribution < 1.29 is 43.5 Å². The number of alkyl halides is 6. The molecule has 0 atom stereocenters.